The molecule has 0 bridgehead atoms. The number of hydrogen-bond donors (Lipinski definition) is 2. The van der Waals surface area contributed by atoms with Gasteiger partial charge in [-0.1, -0.05) is 6.92 Å². The number of rotatable bonds is 5. The summed E-state index contributed by atoms with van der Waals surface area (Å²) in [5.41, 5.74) is 0. The Morgan fingerprint density at radius 2 is 2.00 bits per heavy atom. The Hall–Kier alpha value is -1.26. The maximum absolute atomic E-state index is 11.7. The summed E-state index contributed by atoms with van der Waals surface area (Å²) in [6.07, 6.45) is 2.35. The Labute approximate surface area is 95.8 Å². The molecule has 2 unspecified atom stereocenters. The van der Waals surface area contributed by atoms with E-state index in [1.165, 1.54) is 17.7 Å². The van der Waals surface area contributed by atoms with E-state index in [1.54, 1.807) is 14.0 Å². The minimum atomic E-state index is -0.880. The molecule has 1 saturated carbocycles. The standard InChI is InChI=1S/C11H20N2O3/c1-7(10(14)15)6-13(3)11(16)12-8(2)9-4-5-9/h7-9H,4-6H2,1-3H3,(H,12,16)(H,14,15). The van der Waals surface area contributed by atoms with E-state index in [9.17, 15) is 9.59 Å². The number of carbonyl (C=O) groups excluding carboxylic acids is 1. The maximum atomic E-state index is 11.7. The fourth-order valence-electron chi connectivity index (χ4n) is 1.59. The van der Waals surface area contributed by atoms with Gasteiger partial charge in [0.25, 0.3) is 0 Å². The van der Waals surface area contributed by atoms with Crippen LogP contribution in [0.1, 0.15) is 26.7 Å². The van der Waals surface area contributed by atoms with Crippen molar-refractivity contribution in [3.63, 3.8) is 0 Å². The van der Waals surface area contributed by atoms with Crippen LogP contribution in [-0.2, 0) is 4.79 Å². The summed E-state index contributed by atoms with van der Waals surface area (Å²) in [5, 5.41) is 11.6. The van der Waals surface area contributed by atoms with Crippen LogP contribution in [0, 0.1) is 11.8 Å². The van der Waals surface area contributed by atoms with Crippen LogP contribution < -0.4 is 5.32 Å². The smallest absolute Gasteiger partial charge is 0.317 e. The molecule has 0 aromatic rings. The lowest BCUT2D eigenvalue weighted by molar-refractivity contribution is -0.141. The molecule has 5 nitrogen and oxygen atoms in total. The molecule has 0 radical (unpaired) electrons. The zero-order valence-corrected chi connectivity index (χ0v) is 10.1. The Kier molecular flexibility index (Phi) is 4.15. The predicted molar refractivity (Wildman–Crippen MR) is 60.1 cm³/mol. The monoisotopic (exact) mass is 228 g/mol. The Bertz CT molecular complexity index is 276. The highest BCUT2D eigenvalue weighted by Gasteiger charge is 2.29. The van der Waals surface area contributed by atoms with E-state index in [2.05, 4.69) is 5.32 Å². The molecule has 0 saturated heterocycles. The van der Waals surface area contributed by atoms with Gasteiger partial charge in [0, 0.05) is 19.6 Å². The molecule has 92 valence electrons. The van der Waals surface area contributed by atoms with Crippen molar-refractivity contribution in [3.8, 4) is 0 Å². The number of amides is 2. The Morgan fingerprint density at radius 3 is 2.44 bits per heavy atom. The van der Waals surface area contributed by atoms with Crippen LogP contribution in [-0.4, -0.2) is 41.6 Å². The summed E-state index contributed by atoms with van der Waals surface area (Å²) >= 11 is 0. The van der Waals surface area contributed by atoms with Gasteiger partial charge in [0.15, 0.2) is 0 Å². The van der Waals surface area contributed by atoms with Gasteiger partial charge in [-0.15, -0.1) is 0 Å². The first-order chi connectivity index (χ1) is 7.41. The fraction of sp³-hybridized carbons (Fsp3) is 0.818. The van der Waals surface area contributed by atoms with Crippen molar-refractivity contribution in [2.45, 2.75) is 32.7 Å². The van der Waals surface area contributed by atoms with Gasteiger partial charge in [0.1, 0.15) is 0 Å². The first-order valence-corrected chi connectivity index (χ1v) is 5.66. The van der Waals surface area contributed by atoms with Gasteiger partial charge in [0.2, 0.25) is 0 Å². The number of carboxylic acid groups (broad SMARTS) is 1. The van der Waals surface area contributed by atoms with Crippen molar-refractivity contribution in [2.75, 3.05) is 13.6 Å². The van der Waals surface area contributed by atoms with Crippen LogP contribution in [0.5, 0.6) is 0 Å². The second-order valence-corrected chi connectivity index (χ2v) is 4.70. The molecule has 2 N–H and O–H groups in total. The predicted octanol–water partition coefficient (Wildman–Crippen LogP) is 1.15. The third kappa shape index (κ3) is 3.72. The maximum Gasteiger partial charge on any atom is 0.317 e. The van der Waals surface area contributed by atoms with Crippen molar-refractivity contribution in [3.05, 3.63) is 0 Å². The average Bonchev–Trinajstić information content (AvgIpc) is 3.00. The van der Waals surface area contributed by atoms with Gasteiger partial charge < -0.3 is 15.3 Å². The Morgan fingerprint density at radius 1 is 1.44 bits per heavy atom. The van der Waals surface area contributed by atoms with Crippen LogP contribution in [0.2, 0.25) is 0 Å². The largest absolute Gasteiger partial charge is 0.481 e. The lowest BCUT2D eigenvalue weighted by Gasteiger charge is -2.22. The number of hydrogen-bond acceptors (Lipinski definition) is 2. The lowest BCUT2D eigenvalue weighted by Crippen LogP contribution is -2.44. The highest BCUT2D eigenvalue weighted by Crippen LogP contribution is 2.32. The molecule has 1 aliphatic rings. The van der Waals surface area contributed by atoms with Crippen molar-refractivity contribution in [1.82, 2.24) is 10.2 Å². The first kappa shape index (κ1) is 12.8. The van der Waals surface area contributed by atoms with E-state index >= 15 is 0 Å². The van der Waals surface area contributed by atoms with Crippen LogP contribution in [0.3, 0.4) is 0 Å². The molecule has 1 rings (SSSR count). The molecular weight excluding hydrogens is 208 g/mol. The number of carboxylic acids is 1. The summed E-state index contributed by atoms with van der Waals surface area (Å²) in [6, 6.07) is 0.00239. The molecule has 1 fully saturated rings. The van der Waals surface area contributed by atoms with Gasteiger partial charge in [-0.2, -0.15) is 0 Å². The fourth-order valence-corrected chi connectivity index (χ4v) is 1.59. The number of aliphatic carboxylic acids is 1. The molecule has 0 heterocycles. The second kappa shape index (κ2) is 5.18. The van der Waals surface area contributed by atoms with E-state index in [1.807, 2.05) is 6.92 Å². The van der Waals surface area contributed by atoms with Crippen molar-refractivity contribution < 1.29 is 14.7 Å². The molecular formula is C11H20N2O3. The number of nitrogens with zero attached hydrogens (tertiary/aromatic N) is 1. The van der Waals surface area contributed by atoms with Gasteiger partial charge in [0.05, 0.1) is 5.92 Å². The average molecular weight is 228 g/mol. The van der Waals surface area contributed by atoms with E-state index in [-0.39, 0.29) is 18.6 Å². The first-order valence-electron chi connectivity index (χ1n) is 5.66. The lowest BCUT2D eigenvalue weighted by atomic mass is 10.2. The highest BCUT2D eigenvalue weighted by molar-refractivity contribution is 5.76. The van der Waals surface area contributed by atoms with Gasteiger partial charge in [-0.25, -0.2) is 4.79 Å². The van der Waals surface area contributed by atoms with Crippen molar-refractivity contribution >= 4 is 12.0 Å². The summed E-state index contributed by atoms with van der Waals surface area (Å²) in [4.78, 5) is 23.7. The summed E-state index contributed by atoms with van der Waals surface area (Å²) in [7, 11) is 1.62. The normalized spacial score (nSPS) is 18.7. The zero-order chi connectivity index (χ0) is 12.3. The van der Waals surface area contributed by atoms with Crippen LogP contribution >= 0.6 is 0 Å². The number of urea groups is 1. The molecule has 2 amide bonds. The molecule has 16 heavy (non-hydrogen) atoms. The highest BCUT2D eigenvalue weighted by atomic mass is 16.4. The summed E-state index contributed by atoms with van der Waals surface area (Å²) in [5.74, 6) is -0.809. The van der Waals surface area contributed by atoms with Gasteiger partial charge in [-0.05, 0) is 25.7 Å². The SMILES string of the molecule is CC(CN(C)C(=O)NC(C)C1CC1)C(=O)O. The molecule has 0 aliphatic heterocycles. The van der Waals surface area contributed by atoms with Crippen LogP contribution in [0.25, 0.3) is 0 Å². The summed E-state index contributed by atoms with van der Waals surface area (Å²) in [6.45, 7) is 3.82. The minimum absolute atomic E-state index is 0.188. The Balaban J connectivity index is 2.31. The number of carbonyl (C=O) groups is 2. The van der Waals surface area contributed by atoms with Crippen LogP contribution in [0.15, 0.2) is 0 Å². The second-order valence-electron chi connectivity index (χ2n) is 4.70. The van der Waals surface area contributed by atoms with E-state index < -0.39 is 11.9 Å². The molecule has 0 aromatic carbocycles. The van der Waals surface area contributed by atoms with E-state index in [4.69, 9.17) is 5.11 Å². The molecule has 0 aromatic heterocycles. The van der Waals surface area contributed by atoms with Gasteiger partial charge in [-0.3, -0.25) is 4.79 Å². The van der Waals surface area contributed by atoms with E-state index in [0.717, 1.165) is 0 Å². The molecule has 2 atom stereocenters. The quantitative estimate of drug-likeness (QED) is 0.741. The molecule has 0 spiro atoms. The number of nitrogens with one attached hydrogen (secondary N) is 1. The van der Waals surface area contributed by atoms with Gasteiger partial charge >= 0.3 is 12.0 Å². The van der Waals surface area contributed by atoms with E-state index in [0.29, 0.717) is 5.92 Å². The topological polar surface area (TPSA) is 69.6 Å². The molecule has 1 aliphatic carbocycles. The summed E-state index contributed by atoms with van der Waals surface area (Å²) < 4.78 is 0. The zero-order valence-electron chi connectivity index (χ0n) is 10.1. The third-order valence-electron chi connectivity index (χ3n) is 3.00. The minimum Gasteiger partial charge on any atom is -0.481 e. The van der Waals surface area contributed by atoms with Crippen LogP contribution in [0.4, 0.5) is 4.79 Å². The van der Waals surface area contributed by atoms with Crippen molar-refractivity contribution in [1.29, 1.82) is 0 Å². The van der Waals surface area contributed by atoms with Crippen molar-refractivity contribution in [2.24, 2.45) is 11.8 Å². The third-order valence-corrected chi connectivity index (χ3v) is 3.00. The molecule has 5 heteroatoms.